The fraction of sp³-hybridized carbons (Fsp3) is 0.176. The van der Waals surface area contributed by atoms with Crippen LogP contribution in [0, 0.1) is 0 Å². The summed E-state index contributed by atoms with van der Waals surface area (Å²) in [5, 5.41) is 4.98. The molecule has 0 fully saturated rings. The first-order chi connectivity index (χ1) is 12.5. The average Bonchev–Trinajstić information content (AvgIpc) is 3.14. The second-order valence-corrected chi connectivity index (χ2v) is 7.47. The van der Waals surface area contributed by atoms with Crippen LogP contribution >= 0.6 is 23.1 Å². The van der Waals surface area contributed by atoms with Crippen molar-refractivity contribution in [3.63, 3.8) is 0 Å². The first-order valence-electron chi connectivity index (χ1n) is 7.68. The Bertz CT molecular complexity index is 939. The molecular weight excluding hydrogens is 372 g/mol. The molecule has 3 rings (SSSR count). The summed E-state index contributed by atoms with van der Waals surface area (Å²) < 4.78 is 5.13. The molecule has 1 amide bonds. The van der Waals surface area contributed by atoms with Gasteiger partial charge in [0.1, 0.15) is 5.75 Å². The number of thiazole rings is 1. The van der Waals surface area contributed by atoms with Gasteiger partial charge >= 0.3 is 0 Å². The standard InChI is InChI=1S/C17H16N4O3S2/c1-10(15(23)21-16-18-7-8-25-16)26-17-19-13(9-14(22)20-17)11-3-5-12(24-2)6-4-11/h3-10H,1-2H3,(H,18,21,23)(H,19,20,22). The summed E-state index contributed by atoms with van der Waals surface area (Å²) in [4.78, 5) is 35.3. The van der Waals surface area contributed by atoms with Crippen LogP contribution in [0.2, 0.25) is 0 Å². The minimum absolute atomic E-state index is 0.206. The van der Waals surface area contributed by atoms with E-state index in [1.807, 2.05) is 12.1 Å². The van der Waals surface area contributed by atoms with Crippen LogP contribution in [-0.4, -0.2) is 33.2 Å². The van der Waals surface area contributed by atoms with E-state index in [4.69, 9.17) is 4.74 Å². The number of amides is 1. The number of carbonyl (C=O) groups excluding carboxylic acids is 1. The number of rotatable bonds is 6. The zero-order valence-corrected chi connectivity index (χ0v) is 15.7. The van der Waals surface area contributed by atoms with Gasteiger partial charge in [-0.25, -0.2) is 9.97 Å². The van der Waals surface area contributed by atoms with Crippen LogP contribution in [-0.2, 0) is 4.79 Å². The van der Waals surface area contributed by atoms with Crippen LogP contribution in [0.1, 0.15) is 6.92 Å². The molecule has 2 heterocycles. The minimum Gasteiger partial charge on any atom is -0.497 e. The Hall–Kier alpha value is -2.65. The van der Waals surface area contributed by atoms with Crippen LogP contribution in [0.5, 0.6) is 5.75 Å². The topological polar surface area (TPSA) is 97.0 Å². The van der Waals surface area contributed by atoms with Crippen LogP contribution < -0.4 is 15.6 Å². The predicted molar refractivity (Wildman–Crippen MR) is 103 cm³/mol. The fourth-order valence-corrected chi connectivity index (χ4v) is 3.46. The molecule has 0 radical (unpaired) electrons. The first kappa shape index (κ1) is 18.2. The summed E-state index contributed by atoms with van der Waals surface area (Å²) in [6, 6.07) is 8.68. The van der Waals surface area contributed by atoms with Gasteiger partial charge in [-0.2, -0.15) is 0 Å². The summed E-state index contributed by atoms with van der Waals surface area (Å²) in [6.45, 7) is 1.74. The van der Waals surface area contributed by atoms with Gasteiger partial charge in [0, 0.05) is 23.2 Å². The Morgan fingerprint density at radius 2 is 2.12 bits per heavy atom. The largest absolute Gasteiger partial charge is 0.497 e. The molecule has 2 aromatic heterocycles. The normalized spacial score (nSPS) is 11.8. The van der Waals surface area contributed by atoms with E-state index in [0.717, 1.165) is 11.3 Å². The maximum absolute atomic E-state index is 12.2. The van der Waals surface area contributed by atoms with Gasteiger partial charge in [0.2, 0.25) is 5.91 Å². The van der Waals surface area contributed by atoms with Gasteiger partial charge in [-0.1, -0.05) is 11.8 Å². The molecule has 1 atom stereocenters. The first-order valence-corrected chi connectivity index (χ1v) is 9.44. The van der Waals surface area contributed by atoms with E-state index < -0.39 is 5.25 Å². The summed E-state index contributed by atoms with van der Waals surface area (Å²) >= 11 is 2.52. The number of benzene rings is 1. The maximum Gasteiger partial charge on any atom is 0.252 e. The number of thioether (sulfide) groups is 1. The second kappa shape index (κ2) is 8.15. The molecule has 0 bridgehead atoms. The molecular formula is C17H16N4O3S2. The highest BCUT2D eigenvalue weighted by molar-refractivity contribution is 8.00. The molecule has 1 unspecified atom stereocenters. The van der Waals surface area contributed by atoms with Gasteiger partial charge in [0.25, 0.3) is 5.56 Å². The molecule has 0 aliphatic carbocycles. The molecule has 9 heteroatoms. The number of methoxy groups -OCH3 is 1. The Labute approximate surface area is 157 Å². The number of hydrogen-bond acceptors (Lipinski definition) is 7. The molecule has 0 aliphatic rings. The lowest BCUT2D eigenvalue weighted by molar-refractivity contribution is -0.115. The number of H-pyrrole nitrogens is 1. The number of ether oxygens (including phenoxy) is 1. The van der Waals surface area contributed by atoms with Crippen molar-refractivity contribution in [2.24, 2.45) is 0 Å². The van der Waals surface area contributed by atoms with E-state index in [1.54, 1.807) is 37.7 Å². The van der Waals surface area contributed by atoms with Crippen molar-refractivity contribution in [2.45, 2.75) is 17.3 Å². The van der Waals surface area contributed by atoms with Crippen molar-refractivity contribution in [1.82, 2.24) is 15.0 Å². The number of aromatic amines is 1. The van der Waals surface area contributed by atoms with Crippen molar-refractivity contribution < 1.29 is 9.53 Å². The van der Waals surface area contributed by atoms with Crippen molar-refractivity contribution >= 4 is 34.1 Å². The van der Waals surface area contributed by atoms with Crippen molar-refractivity contribution in [1.29, 1.82) is 0 Å². The van der Waals surface area contributed by atoms with Gasteiger partial charge in [-0.05, 0) is 31.2 Å². The highest BCUT2D eigenvalue weighted by Gasteiger charge is 2.17. The highest BCUT2D eigenvalue weighted by atomic mass is 32.2. The Morgan fingerprint density at radius 1 is 1.35 bits per heavy atom. The molecule has 0 saturated heterocycles. The Kier molecular flexibility index (Phi) is 5.69. The zero-order valence-electron chi connectivity index (χ0n) is 14.1. The summed E-state index contributed by atoms with van der Waals surface area (Å²) in [5.41, 5.74) is 1.05. The van der Waals surface area contributed by atoms with Crippen LogP contribution in [0.25, 0.3) is 11.3 Å². The van der Waals surface area contributed by atoms with Crippen molar-refractivity contribution in [3.8, 4) is 17.0 Å². The Morgan fingerprint density at radius 3 is 2.77 bits per heavy atom. The lowest BCUT2D eigenvalue weighted by atomic mass is 10.1. The van der Waals surface area contributed by atoms with Crippen LogP contribution in [0.3, 0.4) is 0 Å². The monoisotopic (exact) mass is 388 g/mol. The number of nitrogens with one attached hydrogen (secondary N) is 2. The Balaban J connectivity index is 1.76. The van der Waals surface area contributed by atoms with E-state index in [-0.39, 0.29) is 11.5 Å². The third kappa shape index (κ3) is 4.50. The smallest absolute Gasteiger partial charge is 0.252 e. The van der Waals surface area contributed by atoms with Gasteiger partial charge in [0.15, 0.2) is 10.3 Å². The lowest BCUT2D eigenvalue weighted by Gasteiger charge is -2.10. The zero-order chi connectivity index (χ0) is 18.5. The SMILES string of the molecule is COc1ccc(-c2cc(=O)[nH]c(SC(C)C(=O)Nc3nccs3)n2)cc1. The molecule has 3 aromatic rings. The number of nitrogens with zero attached hydrogens (tertiary/aromatic N) is 2. The molecule has 1 aromatic carbocycles. The number of hydrogen-bond donors (Lipinski definition) is 2. The average molecular weight is 388 g/mol. The quantitative estimate of drug-likeness (QED) is 0.498. The van der Waals surface area contributed by atoms with E-state index in [1.165, 1.54) is 29.2 Å². The lowest BCUT2D eigenvalue weighted by Crippen LogP contribution is -2.23. The number of carbonyl (C=O) groups is 1. The molecule has 134 valence electrons. The third-order valence-corrected chi connectivity index (χ3v) is 5.10. The molecule has 0 saturated carbocycles. The molecule has 0 spiro atoms. The summed E-state index contributed by atoms with van der Waals surface area (Å²) in [7, 11) is 1.59. The van der Waals surface area contributed by atoms with Gasteiger partial charge in [-0.3, -0.25) is 9.59 Å². The van der Waals surface area contributed by atoms with E-state index in [0.29, 0.717) is 16.0 Å². The van der Waals surface area contributed by atoms with Crippen LogP contribution in [0.15, 0.2) is 51.9 Å². The van der Waals surface area contributed by atoms with Gasteiger partial charge in [0.05, 0.1) is 18.1 Å². The minimum atomic E-state index is -0.451. The number of anilines is 1. The van der Waals surface area contributed by atoms with Crippen LogP contribution in [0.4, 0.5) is 5.13 Å². The van der Waals surface area contributed by atoms with Crippen molar-refractivity contribution in [3.05, 3.63) is 52.3 Å². The molecule has 0 aliphatic heterocycles. The third-order valence-electron chi connectivity index (χ3n) is 3.43. The molecule has 26 heavy (non-hydrogen) atoms. The maximum atomic E-state index is 12.2. The van der Waals surface area contributed by atoms with E-state index >= 15 is 0 Å². The molecule has 2 N–H and O–H groups in total. The van der Waals surface area contributed by atoms with Gasteiger partial charge in [-0.15, -0.1) is 11.3 Å². The second-order valence-electron chi connectivity index (χ2n) is 5.25. The number of aromatic nitrogens is 3. The van der Waals surface area contributed by atoms with Crippen molar-refractivity contribution in [2.75, 3.05) is 12.4 Å². The highest BCUT2D eigenvalue weighted by Crippen LogP contribution is 2.24. The molecule has 7 nitrogen and oxygen atoms in total. The predicted octanol–water partition coefficient (Wildman–Crippen LogP) is 3.02. The van der Waals surface area contributed by atoms with E-state index in [9.17, 15) is 9.59 Å². The van der Waals surface area contributed by atoms with E-state index in [2.05, 4.69) is 20.3 Å². The summed E-state index contributed by atoms with van der Waals surface area (Å²) in [5.74, 6) is 0.517. The van der Waals surface area contributed by atoms with Gasteiger partial charge < -0.3 is 15.0 Å². The fourth-order valence-electron chi connectivity index (χ4n) is 2.11. The summed E-state index contributed by atoms with van der Waals surface area (Å²) in [6.07, 6.45) is 1.62.